The fourth-order valence-corrected chi connectivity index (χ4v) is 3.88. The van der Waals surface area contributed by atoms with E-state index in [9.17, 15) is 9.59 Å². The van der Waals surface area contributed by atoms with Crippen molar-refractivity contribution in [1.29, 1.82) is 0 Å². The van der Waals surface area contributed by atoms with Gasteiger partial charge in [0.2, 0.25) is 0 Å². The Morgan fingerprint density at radius 2 is 1.72 bits per heavy atom. The first-order valence-corrected chi connectivity index (χ1v) is 9.56. The van der Waals surface area contributed by atoms with Gasteiger partial charge in [0.25, 0.3) is 5.56 Å². The second kappa shape index (κ2) is 7.47. The Labute approximate surface area is 168 Å². The van der Waals surface area contributed by atoms with Crippen LogP contribution in [0.15, 0.2) is 65.5 Å². The lowest BCUT2D eigenvalue weighted by Gasteiger charge is -2.19. The summed E-state index contributed by atoms with van der Waals surface area (Å²) in [5.74, 6) is -0.156. The third kappa shape index (κ3) is 3.38. The van der Waals surface area contributed by atoms with Gasteiger partial charge in [-0.05, 0) is 44.5 Å². The number of nitrogens with zero attached hydrogens (tertiary/aromatic N) is 4. The predicted octanol–water partition coefficient (Wildman–Crippen LogP) is 3.70. The van der Waals surface area contributed by atoms with Crippen molar-refractivity contribution >= 4 is 16.7 Å². The second-order valence-corrected chi connectivity index (χ2v) is 7.23. The Morgan fingerprint density at radius 3 is 2.48 bits per heavy atom. The van der Waals surface area contributed by atoms with Gasteiger partial charge in [0.15, 0.2) is 5.78 Å². The predicted molar refractivity (Wildman–Crippen MR) is 112 cm³/mol. The zero-order valence-corrected chi connectivity index (χ0v) is 16.7. The molecule has 4 aromatic rings. The van der Waals surface area contributed by atoms with Crippen molar-refractivity contribution in [2.45, 2.75) is 33.4 Å². The molecule has 2 aromatic heterocycles. The number of aromatic nitrogens is 4. The summed E-state index contributed by atoms with van der Waals surface area (Å²) in [5.41, 5.74) is 3.87. The van der Waals surface area contributed by atoms with Crippen molar-refractivity contribution in [3.05, 3.63) is 93.5 Å². The smallest absolute Gasteiger partial charge is 0.278 e. The van der Waals surface area contributed by atoms with Gasteiger partial charge in [-0.2, -0.15) is 0 Å². The molecule has 2 heterocycles. The molecule has 0 aliphatic heterocycles. The van der Waals surface area contributed by atoms with E-state index in [-0.39, 0.29) is 23.9 Å². The lowest BCUT2D eigenvalue weighted by atomic mass is 10.1. The number of carbonyl (C=O) groups excluding carboxylic acids is 1. The summed E-state index contributed by atoms with van der Waals surface area (Å²) in [4.78, 5) is 25.7. The van der Waals surface area contributed by atoms with E-state index in [2.05, 4.69) is 33.9 Å². The maximum Gasteiger partial charge on any atom is 0.278 e. The van der Waals surface area contributed by atoms with Crippen LogP contribution in [0.5, 0.6) is 0 Å². The fraction of sp³-hybridized carbons (Fsp3) is 0.217. The van der Waals surface area contributed by atoms with Crippen molar-refractivity contribution in [2.24, 2.45) is 0 Å². The average Bonchev–Trinajstić information content (AvgIpc) is 3.04. The zero-order chi connectivity index (χ0) is 20.5. The molecule has 0 radical (unpaired) electrons. The minimum atomic E-state index is -0.310. The lowest BCUT2D eigenvalue weighted by Crippen LogP contribution is -2.28. The molecule has 0 bridgehead atoms. The molecule has 0 unspecified atom stereocenters. The van der Waals surface area contributed by atoms with Crippen LogP contribution in [0.3, 0.4) is 0 Å². The molecule has 0 N–H and O–H groups in total. The topological polar surface area (TPSA) is 69.8 Å². The summed E-state index contributed by atoms with van der Waals surface area (Å²) in [6.45, 7) is 5.91. The molecule has 4 rings (SSSR count). The van der Waals surface area contributed by atoms with Crippen LogP contribution in [0.2, 0.25) is 0 Å². The Kier molecular flexibility index (Phi) is 4.84. The van der Waals surface area contributed by atoms with E-state index in [1.54, 1.807) is 24.3 Å². The molecule has 1 atom stereocenters. The second-order valence-electron chi connectivity index (χ2n) is 7.23. The number of rotatable bonds is 5. The minimum absolute atomic E-state index is 0.0981. The Hall–Kier alpha value is -3.54. The van der Waals surface area contributed by atoms with Gasteiger partial charge in [0.05, 0.1) is 11.4 Å². The summed E-state index contributed by atoms with van der Waals surface area (Å²) in [7, 11) is 0. The number of fused-ring (bicyclic) bond motifs is 1. The van der Waals surface area contributed by atoms with Crippen LogP contribution in [0.4, 0.5) is 0 Å². The molecule has 0 fully saturated rings. The lowest BCUT2D eigenvalue weighted by molar-refractivity contribution is 0.0964. The van der Waals surface area contributed by atoms with Crippen LogP contribution >= 0.6 is 0 Å². The molecule has 0 spiro atoms. The van der Waals surface area contributed by atoms with Gasteiger partial charge in [-0.25, -0.2) is 4.68 Å². The van der Waals surface area contributed by atoms with Gasteiger partial charge in [-0.15, -0.1) is 5.10 Å². The molecule has 6 nitrogen and oxygen atoms in total. The van der Waals surface area contributed by atoms with Crippen LogP contribution in [-0.2, 0) is 6.54 Å². The van der Waals surface area contributed by atoms with Crippen molar-refractivity contribution in [3.8, 4) is 0 Å². The van der Waals surface area contributed by atoms with Crippen LogP contribution in [0.25, 0.3) is 10.9 Å². The molecule has 0 aliphatic rings. The summed E-state index contributed by atoms with van der Waals surface area (Å²) in [6, 6.07) is 19.2. The van der Waals surface area contributed by atoms with Gasteiger partial charge < -0.3 is 4.57 Å². The number of ketones is 1. The Bertz CT molecular complexity index is 1260. The van der Waals surface area contributed by atoms with Gasteiger partial charge in [-0.3, -0.25) is 9.59 Å². The number of Topliss-reactive ketones (excluding diaryl/α,β-unsaturated/α-hetero) is 1. The molecule has 0 aliphatic carbocycles. The Morgan fingerprint density at radius 1 is 1.03 bits per heavy atom. The average molecular weight is 386 g/mol. The van der Waals surface area contributed by atoms with E-state index in [1.165, 1.54) is 5.56 Å². The quantitative estimate of drug-likeness (QED) is 0.491. The number of hydrogen-bond donors (Lipinski definition) is 0. The minimum Gasteiger partial charge on any atom is -0.341 e. The van der Waals surface area contributed by atoms with E-state index in [1.807, 2.05) is 38.1 Å². The molecule has 0 saturated heterocycles. The summed E-state index contributed by atoms with van der Waals surface area (Å²) >= 11 is 0. The van der Waals surface area contributed by atoms with E-state index in [4.69, 9.17) is 0 Å². The molecule has 6 heteroatoms. The Balaban J connectivity index is 1.67. The van der Waals surface area contributed by atoms with Gasteiger partial charge in [-0.1, -0.05) is 47.7 Å². The molecule has 0 saturated carbocycles. The maximum atomic E-state index is 13.0. The summed E-state index contributed by atoms with van der Waals surface area (Å²) < 4.78 is 3.29. The van der Waals surface area contributed by atoms with Crippen LogP contribution in [0.1, 0.15) is 40.3 Å². The molecular weight excluding hydrogens is 364 g/mol. The van der Waals surface area contributed by atoms with Gasteiger partial charge in [0.1, 0.15) is 12.1 Å². The van der Waals surface area contributed by atoms with Crippen LogP contribution in [-0.4, -0.2) is 25.3 Å². The number of hydrogen-bond acceptors (Lipinski definition) is 4. The van der Waals surface area contributed by atoms with Crippen molar-refractivity contribution in [3.63, 3.8) is 0 Å². The van der Waals surface area contributed by atoms with Crippen molar-refractivity contribution in [1.82, 2.24) is 19.6 Å². The SMILES string of the molecule is Cc1cc(C(=O)Cn2nnc3ccccc3c2=O)c(C)n1[C@H](C)c1ccccc1. The van der Waals surface area contributed by atoms with Crippen LogP contribution in [0, 0.1) is 13.8 Å². The maximum absolute atomic E-state index is 13.0. The standard InChI is InChI=1S/C23H22N4O2/c1-15-13-20(17(3)27(15)16(2)18-9-5-4-6-10-18)22(28)14-26-23(29)19-11-7-8-12-21(19)24-25-26/h4-13,16H,14H2,1-3H3/t16-/m1/s1. The highest BCUT2D eigenvalue weighted by Crippen LogP contribution is 2.25. The molecule has 2 aromatic carbocycles. The fourth-order valence-electron chi connectivity index (χ4n) is 3.88. The highest BCUT2D eigenvalue weighted by atomic mass is 16.1. The van der Waals surface area contributed by atoms with Crippen molar-refractivity contribution in [2.75, 3.05) is 0 Å². The molecule has 29 heavy (non-hydrogen) atoms. The summed E-state index contributed by atoms with van der Waals surface area (Å²) in [6.07, 6.45) is 0. The first-order chi connectivity index (χ1) is 14.0. The highest BCUT2D eigenvalue weighted by molar-refractivity contribution is 5.97. The first kappa shape index (κ1) is 18.8. The monoisotopic (exact) mass is 386 g/mol. The molecule has 146 valence electrons. The zero-order valence-electron chi connectivity index (χ0n) is 16.7. The third-order valence-electron chi connectivity index (χ3n) is 5.38. The van der Waals surface area contributed by atoms with E-state index in [0.717, 1.165) is 16.1 Å². The van der Waals surface area contributed by atoms with E-state index < -0.39 is 0 Å². The van der Waals surface area contributed by atoms with Crippen LogP contribution < -0.4 is 5.56 Å². The van der Waals surface area contributed by atoms with Gasteiger partial charge >= 0.3 is 0 Å². The number of carbonyl (C=O) groups is 1. The van der Waals surface area contributed by atoms with E-state index in [0.29, 0.717) is 16.5 Å². The largest absolute Gasteiger partial charge is 0.341 e. The normalized spacial score (nSPS) is 12.2. The number of benzene rings is 2. The summed E-state index contributed by atoms with van der Waals surface area (Å²) in [5, 5.41) is 8.45. The molecule has 0 amide bonds. The van der Waals surface area contributed by atoms with E-state index >= 15 is 0 Å². The third-order valence-corrected chi connectivity index (χ3v) is 5.38. The number of aryl methyl sites for hydroxylation is 1. The van der Waals surface area contributed by atoms with Crippen molar-refractivity contribution < 1.29 is 4.79 Å². The van der Waals surface area contributed by atoms with Gasteiger partial charge in [0, 0.05) is 17.0 Å². The highest BCUT2D eigenvalue weighted by Gasteiger charge is 2.20. The molecular formula is C23H22N4O2. The first-order valence-electron chi connectivity index (χ1n) is 9.56.